The average Bonchev–Trinajstić information content (AvgIpc) is 2.28. The predicted octanol–water partition coefficient (Wildman–Crippen LogP) is 2.41. The third kappa shape index (κ3) is 1.82. The van der Waals surface area contributed by atoms with Crippen LogP contribution in [0.1, 0.15) is 0 Å². The summed E-state index contributed by atoms with van der Waals surface area (Å²) in [6, 6.07) is 10.7. The molecule has 0 bridgehead atoms. The Morgan fingerprint density at radius 3 is 2.69 bits per heavy atom. The van der Waals surface area contributed by atoms with E-state index in [1.807, 2.05) is 12.1 Å². The molecule has 82 valence electrons. The molecule has 1 atom stereocenters. The van der Waals surface area contributed by atoms with Crippen LogP contribution in [-0.4, -0.2) is 15.5 Å². The second-order valence-electron chi connectivity index (χ2n) is 3.08. The average molecular weight is 235 g/mol. The molecule has 0 spiro atoms. The minimum absolute atomic E-state index is 0.213. The summed E-state index contributed by atoms with van der Waals surface area (Å²) < 4.78 is 20.5. The van der Waals surface area contributed by atoms with E-state index in [2.05, 4.69) is 11.9 Å². The topological polar surface area (TPSA) is 58.9 Å². The minimum atomic E-state index is -2.13. The molecule has 2 aromatic rings. The van der Waals surface area contributed by atoms with Crippen molar-refractivity contribution in [1.29, 1.82) is 0 Å². The number of nitrogens with zero attached hydrogens (tertiary/aromatic N) is 1. The fourth-order valence-corrected chi connectivity index (χ4v) is 2.20. The van der Waals surface area contributed by atoms with Gasteiger partial charge in [0.15, 0.2) is 16.8 Å². The second-order valence-corrected chi connectivity index (χ2v) is 3.99. The maximum atomic E-state index is 11.3. The molecule has 0 saturated heterocycles. The van der Waals surface area contributed by atoms with Gasteiger partial charge in [-0.25, -0.2) is 4.21 Å². The van der Waals surface area contributed by atoms with E-state index in [1.54, 1.807) is 24.3 Å². The standard InChI is InChI=1S/C11H9NO3S/c1-12-15-10-7-6-8-4-2-3-5-9(8)11(10)16(13)14/h2-7H,1H2,(H,13,14). The van der Waals surface area contributed by atoms with Crippen molar-refractivity contribution in [2.75, 3.05) is 0 Å². The lowest BCUT2D eigenvalue weighted by Crippen LogP contribution is -1.95. The van der Waals surface area contributed by atoms with Crippen molar-refractivity contribution in [3.05, 3.63) is 36.4 Å². The Balaban J connectivity index is 2.78. The zero-order valence-corrected chi connectivity index (χ0v) is 9.11. The first kappa shape index (κ1) is 10.8. The van der Waals surface area contributed by atoms with Crippen LogP contribution in [0.3, 0.4) is 0 Å². The molecule has 0 saturated carbocycles. The maximum absolute atomic E-state index is 11.3. The van der Waals surface area contributed by atoms with Crippen LogP contribution < -0.4 is 4.84 Å². The van der Waals surface area contributed by atoms with Gasteiger partial charge in [0, 0.05) is 12.1 Å². The predicted molar refractivity (Wildman–Crippen MR) is 63.2 cm³/mol. The van der Waals surface area contributed by atoms with Crippen molar-refractivity contribution in [2.24, 2.45) is 5.16 Å². The van der Waals surface area contributed by atoms with Gasteiger partial charge in [0.25, 0.3) is 0 Å². The Morgan fingerprint density at radius 1 is 1.25 bits per heavy atom. The van der Waals surface area contributed by atoms with Crippen LogP contribution in [0.15, 0.2) is 46.4 Å². The van der Waals surface area contributed by atoms with Crippen LogP contribution >= 0.6 is 0 Å². The van der Waals surface area contributed by atoms with Crippen molar-refractivity contribution >= 4 is 28.6 Å². The molecule has 2 rings (SSSR count). The highest BCUT2D eigenvalue weighted by atomic mass is 32.2. The molecule has 0 aromatic heterocycles. The number of oxime groups is 1. The minimum Gasteiger partial charge on any atom is -0.356 e. The molecule has 5 heteroatoms. The number of hydrogen-bond acceptors (Lipinski definition) is 3. The molecule has 0 radical (unpaired) electrons. The monoisotopic (exact) mass is 235 g/mol. The summed E-state index contributed by atoms with van der Waals surface area (Å²) in [6.07, 6.45) is 0. The van der Waals surface area contributed by atoms with Crippen molar-refractivity contribution < 1.29 is 13.6 Å². The van der Waals surface area contributed by atoms with Crippen LogP contribution in [0.5, 0.6) is 5.75 Å². The van der Waals surface area contributed by atoms with Crippen molar-refractivity contribution in [3.63, 3.8) is 0 Å². The number of rotatable bonds is 3. The molecular formula is C11H9NO3S. The lowest BCUT2D eigenvalue weighted by Gasteiger charge is -2.07. The van der Waals surface area contributed by atoms with Gasteiger partial charge in [-0.3, -0.25) is 0 Å². The van der Waals surface area contributed by atoms with E-state index in [0.29, 0.717) is 5.39 Å². The van der Waals surface area contributed by atoms with Gasteiger partial charge in [0.05, 0.1) is 0 Å². The van der Waals surface area contributed by atoms with Crippen LogP contribution in [-0.2, 0) is 11.1 Å². The third-order valence-corrected chi connectivity index (χ3v) is 2.95. The molecule has 4 nitrogen and oxygen atoms in total. The van der Waals surface area contributed by atoms with Crippen molar-refractivity contribution in [1.82, 2.24) is 0 Å². The van der Waals surface area contributed by atoms with Gasteiger partial charge >= 0.3 is 0 Å². The Bertz CT molecular complexity index is 568. The van der Waals surface area contributed by atoms with Crippen LogP contribution in [0.4, 0.5) is 0 Å². The Labute approximate surface area is 94.8 Å². The first-order chi connectivity index (χ1) is 7.74. The van der Waals surface area contributed by atoms with Crippen LogP contribution in [0, 0.1) is 0 Å². The summed E-state index contributed by atoms with van der Waals surface area (Å²) in [5.41, 5.74) is 0. The Hall–Kier alpha value is -1.72. The van der Waals surface area contributed by atoms with Gasteiger partial charge in [0.2, 0.25) is 0 Å². The van der Waals surface area contributed by atoms with Gasteiger partial charge in [-0.05, 0) is 11.5 Å². The number of fused-ring (bicyclic) bond motifs is 1. The highest BCUT2D eigenvalue weighted by molar-refractivity contribution is 7.79. The van der Waals surface area contributed by atoms with Gasteiger partial charge in [-0.15, -0.1) is 0 Å². The van der Waals surface area contributed by atoms with E-state index in [1.165, 1.54) is 0 Å². The maximum Gasteiger partial charge on any atom is 0.191 e. The molecule has 0 aliphatic rings. The molecule has 1 N–H and O–H groups in total. The van der Waals surface area contributed by atoms with Gasteiger partial charge < -0.3 is 9.39 Å². The SMILES string of the molecule is C=NOc1ccc2ccccc2c1S(=O)O. The highest BCUT2D eigenvalue weighted by Crippen LogP contribution is 2.30. The summed E-state index contributed by atoms with van der Waals surface area (Å²) in [7, 11) is 0. The molecular weight excluding hydrogens is 226 g/mol. The van der Waals surface area contributed by atoms with Crippen LogP contribution in [0.25, 0.3) is 10.8 Å². The van der Waals surface area contributed by atoms with E-state index in [-0.39, 0.29) is 10.6 Å². The Morgan fingerprint density at radius 2 is 2.00 bits per heavy atom. The molecule has 1 unspecified atom stereocenters. The van der Waals surface area contributed by atoms with E-state index >= 15 is 0 Å². The summed E-state index contributed by atoms with van der Waals surface area (Å²) in [4.78, 5) is 5.08. The summed E-state index contributed by atoms with van der Waals surface area (Å²) in [5, 5.41) is 4.80. The number of hydrogen-bond donors (Lipinski definition) is 1. The summed E-state index contributed by atoms with van der Waals surface area (Å²) in [6.45, 7) is 3.18. The van der Waals surface area contributed by atoms with E-state index < -0.39 is 11.1 Å². The number of benzene rings is 2. The molecule has 0 heterocycles. The van der Waals surface area contributed by atoms with Crippen molar-refractivity contribution in [2.45, 2.75) is 4.90 Å². The zero-order valence-electron chi connectivity index (χ0n) is 8.29. The fraction of sp³-hybridized carbons (Fsp3) is 0. The van der Waals surface area contributed by atoms with E-state index in [4.69, 9.17) is 4.84 Å². The molecule has 0 fully saturated rings. The van der Waals surface area contributed by atoms with Gasteiger partial charge in [-0.1, -0.05) is 35.5 Å². The zero-order chi connectivity index (χ0) is 11.5. The highest BCUT2D eigenvalue weighted by Gasteiger charge is 2.13. The normalized spacial score (nSPS) is 12.3. The van der Waals surface area contributed by atoms with Gasteiger partial charge in [0.1, 0.15) is 4.90 Å². The largest absolute Gasteiger partial charge is 0.356 e. The van der Waals surface area contributed by atoms with E-state index in [9.17, 15) is 8.76 Å². The first-order valence-electron chi connectivity index (χ1n) is 4.49. The molecule has 0 aliphatic heterocycles. The van der Waals surface area contributed by atoms with E-state index in [0.717, 1.165) is 5.39 Å². The lowest BCUT2D eigenvalue weighted by atomic mass is 10.1. The van der Waals surface area contributed by atoms with Crippen molar-refractivity contribution in [3.8, 4) is 5.75 Å². The smallest absolute Gasteiger partial charge is 0.191 e. The molecule has 0 amide bonds. The molecule has 2 aromatic carbocycles. The second kappa shape index (κ2) is 4.42. The Kier molecular flexibility index (Phi) is 2.98. The third-order valence-electron chi connectivity index (χ3n) is 2.18. The summed E-state index contributed by atoms with van der Waals surface area (Å²) in [5.74, 6) is 0.245. The quantitative estimate of drug-likeness (QED) is 0.505. The molecule has 0 aliphatic carbocycles. The summed E-state index contributed by atoms with van der Waals surface area (Å²) >= 11 is -2.13. The van der Waals surface area contributed by atoms with Crippen LogP contribution in [0.2, 0.25) is 0 Å². The molecule has 16 heavy (non-hydrogen) atoms. The lowest BCUT2D eigenvalue weighted by molar-refractivity contribution is 0.337. The van der Waals surface area contributed by atoms with Gasteiger partial charge in [-0.2, -0.15) is 0 Å². The fourth-order valence-electron chi connectivity index (χ4n) is 1.54. The first-order valence-corrected chi connectivity index (χ1v) is 5.60.